The molecule has 1 aliphatic rings. The summed E-state index contributed by atoms with van der Waals surface area (Å²) in [6.07, 6.45) is 4.59. The van der Waals surface area contributed by atoms with Crippen molar-refractivity contribution in [1.29, 1.82) is 5.26 Å². The van der Waals surface area contributed by atoms with Crippen LogP contribution in [0.2, 0.25) is 5.28 Å². The van der Waals surface area contributed by atoms with Crippen LogP contribution in [-0.2, 0) is 16.4 Å². The third-order valence-electron chi connectivity index (χ3n) is 3.57. The van der Waals surface area contributed by atoms with Gasteiger partial charge in [0.1, 0.15) is 4.90 Å². The monoisotopic (exact) mass is 346 g/mol. The van der Waals surface area contributed by atoms with Crippen molar-refractivity contribution in [3.05, 3.63) is 52.6 Å². The minimum absolute atomic E-state index is 0.0250. The van der Waals surface area contributed by atoms with E-state index in [1.165, 1.54) is 0 Å². The summed E-state index contributed by atoms with van der Waals surface area (Å²) >= 11 is 5.57. The van der Waals surface area contributed by atoms with Gasteiger partial charge in [0, 0.05) is 5.56 Å². The van der Waals surface area contributed by atoms with Gasteiger partial charge in [0.05, 0.1) is 29.7 Å². The molecule has 0 spiro atoms. The summed E-state index contributed by atoms with van der Waals surface area (Å²) < 4.78 is 27.4. The zero-order chi connectivity index (χ0) is 16.6. The Kier molecular flexibility index (Phi) is 3.80. The fraction of sp³-hybridized carbons (Fsp3) is 0.133. The molecule has 0 saturated heterocycles. The molecule has 8 heteroatoms. The SMILES string of the molecule is Cc1ccc(NS(=O)(=O)c2cnc(Cl)nc2)c2c1C(C#N)=CC2. The highest BCUT2D eigenvalue weighted by Crippen LogP contribution is 2.35. The average molecular weight is 347 g/mol. The van der Waals surface area contributed by atoms with Gasteiger partial charge in [-0.05, 0) is 42.1 Å². The van der Waals surface area contributed by atoms with Crippen LogP contribution in [0.5, 0.6) is 0 Å². The van der Waals surface area contributed by atoms with E-state index in [2.05, 4.69) is 20.8 Å². The first kappa shape index (κ1) is 15.5. The number of halogens is 1. The van der Waals surface area contributed by atoms with Crippen LogP contribution in [0.15, 0.2) is 35.5 Å². The van der Waals surface area contributed by atoms with Crippen molar-refractivity contribution in [3.8, 4) is 6.07 Å². The number of sulfonamides is 1. The van der Waals surface area contributed by atoms with Gasteiger partial charge in [-0.2, -0.15) is 5.26 Å². The normalized spacial score (nSPS) is 13.2. The molecular formula is C15H11ClN4O2S. The van der Waals surface area contributed by atoms with Crippen molar-refractivity contribution in [2.75, 3.05) is 4.72 Å². The van der Waals surface area contributed by atoms with Crippen molar-refractivity contribution >= 4 is 32.9 Å². The zero-order valence-electron chi connectivity index (χ0n) is 12.0. The van der Waals surface area contributed by atoms with Crippen LogP contribution in [0.25, 0.3) is 5.57 Å². The van der Waals surface area contributed by atoms with Crippen molar-refractivity contribution < 1.29 is 8.42 Å². The lowest BCUT2D eigenvalue weighted by atomic mass is 9.99. The van der Waals surface area contributed by atoms with Gasteiger partial charge >= 0.3 is 0 Å². The molecule has 0 fully saturated rings. The minimum atomic E-state index is -3.83. The third-order valence-corrected chi connectivity index (χ3v) is 5.09. The highest BCUT2D eigenvalue weighted by molar-refractivity contribution is 7.92. The Morgan fingerprint density at radius 3 is 2.65 bits per heavy atom. The molecule has 0 unspecified atom stereocenters. The predicted molar refractivity (Wildman–Crippen MR) is 86.3 cm³/mol. The van der Waals surface area contributed by atoms with Crippen LogP contribution in [0.4, 0.5) is 5.69 Å². The second-order valence-corrected chi connectivity index (χ2v) is 7.03. The first-order valence-electron chi connectivity index (χ1n) is 6.66. The number of fused-ring (bicyclic) bond motifs is 1. The Bertz CT molecular complexity index is 960. The van der Waals surface area contributed by atoms with Gasteiger partial charge in [-0.3, -0.25) is 4.72 Å². The lowest BCUT2D eigenvalue weighted by molar-refractivity contribution is 0.600. The number of benzene rings is 1. The summed E-state index contributed by atoms with van der Waals surface area (Å²) in [6.45, 7) is 1.89. The topological polar surface area (TPSA) is 95.7 Å². The standard InChI is InChI=1S/C15H11ClN4O2S/c1-9-2-5-13(12-4-3-10(6-17)14(9)12)20-23(21,22)11-7-18-15(16)19-8-11/h2-3,5,7-8,20H,4H2,1H3. The molecule has 0 amide bonds. The van der Waals surface area contributed by atoms with E-state index in [1.54, 1.807) is 18.2 Å². The van der Waals surface area contributed by atoms with Crippen molar-refractivity contribution in [2.45, 2.75) is 18.2 Å². The van der Waals surface area contributed by atoms with E-state index in [9.17, 15) is 13.7 Å². The summed E-state index contributed by atoms with van der Waals surface area (Å²) in [4.78, 5) is 7.28. The third kappa shape index (κ3) is 2.79. The lowest BCUT2D eigenvalue weighted by Crippen LogP contribution is -2.15. The molecule has 0 radical (unpaired) electrons. The molecule has 1 aliphatic carbocycles. The molecule has 0 atom stereocenters. The molecule has 116 valence electrons. The molecule has 0 saturated carbocycles. The van der Waals surface area contributed by atoms with Gasteiger partial charge in [0.25, 0.3) is 10.0 Å². The highest BCUT2D eigenvalue weighted by Gasteiger charge is 2.23. The molecule has 1 aromatic heterocycles. The summed E-state index contributed by atoms with van der Waals surface area (Å²) in [5.74, 6) is 0. The first-order chi connectivity index (χ1) is 10.9. The van der Waals surface area contributed by atoms with Crippen molar-refractivity contribution in [3.63, 3.8) is 0 Å². The molecule has 6 nitrogen and oxygen atoms in total. The molecule has 23 heavy (non-hydrogen) atoms. The van der Waals surface area contributed by atoms with Crippen LogP contribution in [0.1, 0.15) is 16.7 Å². The fourth-order valence-electron chi connectivity index (χ4n) is 2.50. The number of nitriles is 1. The Hall–Kier alpha value is -2.43. The number of nitrogens with one attached hydrogen (secondary N) is 1. The van der Waals surface area contributed by atoms with E-state index < -0.39 is 10.0 Å². The van der Waals surface area contributed by atoms with E-state index in [0.29, 0.717) is 17.7 Å². The Morgan fingerprint density at radius 1 is 1.30 bits per heavy atom. The quantitative estimate of drug-likeness (QED) is 0.862. The molecule has 1 N–H and O–H groups in total. The maximum Gasteiger partial charge on any atom is 0.264 e. The van der Waals surface area contributed by atoms with Crippen LogP contribution < -0.4 is 4.72 Å². The maximum absolute atomic E-state index is 12.4. The summed E-state index contributed by atoms with van der Waals surface area (Å²) in [5.41, 5.74) is 3.53. The highest BCUT2D eigenvalue weighted by atomic mass is 35.5. The second-order valence-electron chi connectivity index (χ2n) is 5.01. The molecule has 3 rings (SSSR count). The summed E-state index contributed by atoms with van der Waals surface area (Å²) in [6, 6.07) is 5.61. The average Bonchev–Trinajstić information content (AvgIpc) is 2.95. The van der Waals surface area contributed by atoms with Crippen LogP contribution >= 0.6 is 11.6 Å². The van der Waals surface area contributed by atoms with Crippen LogP contribution in [-0.4, -0.2) is 18.4 Å². The van der Waals surface area contributed by atoms with Gasteiger partial charge in [0.15, 0.2) is 0 Å². The number of hydrogen-bond donors (Lipinski definition) is 1. The number of aryl methyl sites for hydroxylation is 1. The number of nitrogens with zero attached hydrogens (tertiary/aromatic N) is 3. The maximum atomic E-state index is 12.4. The smallest absolute Gasteiger partial charge is 0.264 e. The van der Waals surface area contributed by atoms with Gasteiger partial charge in [-0.15, -0.1) is 0 Å². The summed E-state index contributed by atoms with van der Waals surface area (Å²) in [7, 11) is -3.83. The van der Waals surface area contributed by atoms with Crippen LogP contribution in [0, 0.1) is 18.3 Å². The Balaban J connectivity index is 2.01. The van der Waals surface area contributed by atoms with E-state index in [0.717, 1.165) is 29.1 Å². The molecule has 2 aromatic rings. The van der Waals surface area contributed by atoms with E-state index in [-0.39, 0.29) is 10.2 Å². The molecule has 1 aromatic carbocycles. The van der Waals surface area contributed by atoms with E-state index >= 15 is 0 Å². The number of aromatic nitrogens is 2. The van der Waals surface area contributed by atoms with Gasteiger partial charge in [0.2, 0.25) is 5.28 Å². The lowest BCUT2D eigenvalue weighted by Gasteiger charge is -2.14. The van der Waals surface area contributed by atoms with E-state index in [4.69, 9.17) is 11.6 Å². The Labute approximate surface area is 138 Å². The first-order valence-corrected chi connectivity index (χ1v) is 8.52. The molecular weight excluding hydrogens is 336 g/mol. The van der Waals surface area contributed by atoms with Crippen molar-refractivity contribution in [2.24, 2.45) is 0 Å². The zero-order valence-corrected chi connectivity index (χ0v) is 13.6. The predicted octanol–water partition coefficient (Wildman–Crippen LogP) is 2.70. The molecule has 0 bridgehead atoms. The van der Waals surface area contributed by atoms with Gasteiger partial charge in [-0.25, -0.2) is 18.4 Å². The number of rotatable bonds is 3. The molecule has 0 aliphatic heterocycles. The van der Waals surface area contributed by atoms with Crippen molar-refractivity contribution in [1.82, 2.24) is 9.97 Å². The minimum Gasteiger partial charge on any atom is -0.279 e. The van der Waals surface area contributed by atoms with Gasteiger partial charge in [-0.1, -0.05) is 12.1 Å². The number of anilines is 1. The second kappa shape index (κ2) is 5.65. The largest absolute Gasteiger partial charge is 0.279 e. The van der Waals surface area contributed by atoms with E-state index in [1.807, 2.05) is 6.92 Å². The molecule has 1 heterocycles. The van der Waals surface area contributed by atoms with Crippen LogP contribution in [0.3, 0.4) is 0 Å². The Morgan fingerprint density at radius 2 is 2.00 bits per heavy atom. The van der Waals surface area contributed by atoms with Gasteiger partial charge < -0.3 is 0 Å². The number of hydrogen-bond acceptors (Lipinski definition) is 5. The number of allylic oxidation sites excluding steroid dienone is 2. The summed E-state index contributed by atoms with van der Waals surface area (Å²) in [5, 5.41) is 9.15. The fourth-order valence-corrected chi connectivity index (χ4v) is 3.58.